The fourth-order valence-corrected chi connectivity index (χ4v) is 2.02. The number of anilines is 1. The van der Waals surface area contributed by atoms with Crippen LogP contribution in [0.3, 0.4) is 0 Å². The molecular formula is C14H20N2O2. The Morgan fingerprint density at radius 3 is 2.89 bits per heavy atom. The molecule has 4 heteroatoms. The van der Waals surface area contributed by atoms with Crippen LogP contribution in [0.5, 0.6) is 0 Å². The molecule has 0 radical (unpaired) electrons. The second-order valence-electron chi connectivity index (χ2n) is 4.57. The number of fused-ring (bicyclic) bond motifs is 1. The Labute approximate surface area is 106 Å². The molecule has 0 saturated heterocycles. The molecule has 0 fully saturated rings. The number of hydrogen-bond acceptors (Lipinski definition) is 3. The lowest BCUT2D eigenvalue weighted by atomic mass is 10.1. The smallest absolute Gasteiger partial charge is 0.408 e. The number of oxazole rings is 1. The third kappa shape index (κ3) is 3.39. The topological polar surface area (TPSA) is 58.0 Å². The van der Waals surface area contributed by atoms with Gasteiger partial charge in [0.1, 0.15) is 0 Å². The fourth-order valence-electron chi connectivity index (χ4n) is 2.02. The van der Waals surface area contributed by atoms with E-state index in [1.54, 1.807) is 0 Å². The van der Waals surface area contributed by atoms with Crippen LogP contribution in [-0.2, 0) is 0 Å². The summed E-state index contributed by atoms with van der Waals surface area (Å²) in [6.45, 7) is 3.18. The molecule has 0 amide bonds. The lowest BCUT2D eigenvalue weighted by Gasteiger charge is -2.05. The minimum atomic E-state index is -0.401. The maximum Gasteiger partial charge on any atom is 0.417 e. The van der Waals surface area contributed by atoms with Crippen molar-refractivity contribution >= 4 is 16.8 Å². The van der Waals surface area contributed by atoms with Crippen LogP contribution in [-0.4, -0.2) is 11.5 Å². The molecule has 0 unspecified atom stereocenters. The van der Waals surface area contributed by atoms with Gasteiger partial charge < -0.3 is 9.73 Å². The van der Waals surface area contributed by atoms with Crippen molar-refractivity contribution in [2.75, 3.05) is 11.9 Å². The average molecular weight is 248 g/mol. The Balaban J connectivity index is 1.82. The summed E-state index contributed by atoms with van der Waals surface area (Å²) in [5.74, 6) is -0.401. The van der Waals surface area contributed by atoms with E-state index in [-0.39, 0.29) is 0 Å². The molecule has 0 spiro atoms. The Kier molecular flexibility index (Phi) is 4.45. The van der Waals surface area contributed by atoms with Crippen LogP contribution in [0.4, 0.5) is 5.69 Å². The summed E-state index contributed by atoms with van der Waals surface area (Å²) >= 11 is 0. The van der Waals surface area contributed by atoms with Crippen molar-refractivity contribution in [1.29, 1.82) is 0 Å². The monoisotopic (exact) mass is 248 g/mol. The van der Waals surface area contributed by atoms with Gasteiger partial charge in [-0.3, -0.25) is 4.98 Å². The first-order valence-electron chi connectivity index (χ1n) is 6.66. The van der Waals surface area contributed by atoms with Crippen molar-refractivity contribution in [1.82, 2.24) is 4.98 Å². The molecule has 0 aliphatic heterocycles. The zero-order valence-corrected chi connectivity index (χ0v) is 10.8. The van der Waals surface area contributed by atoms with Crippen LogP contribution in [0, 0.1) is 0 Å². The predicted octanol–water partition coefficient (Wildman–Crippen LogP) is 3.50. The molecular weight excluding hydrogens is 228 g/mol. The van der Waals surface area contributed by atoms with E-state index in [9.17, 15) is 4.79 Å². The molecule has 1 aromatic heterocycles. The summed E-state index contributed by atoms with van der Waals surface area (Å²) in [6.07, 6.45) is 6.35. The molecule has 4 nitrogen and oxygen atoms in total. The minimum Gasteiger partial charge on any atom is -0.408 e. The Morgan fingerprint density at radius 1 is 1.22 bits per heavy atom. The number of rotatable bonds is 7. The number of aromatic nitrogens is 1. The number of hydrogen-bond donors (Lipinski definition) is 2. The Hall–Kier alpha value is -1.71. The van der Waals surface area contributed by atoms with Crippen molar-refractivity contribution in [2.24, 2.45) is 0 Å². The largest absolute Gasteiger partial charge is 0.417 e. The predicted molar refractivity (Wildman–Crippen MR) is 74.1 cm³/mol. The lowest BCUT2D eigenvalue weighted by molar-refractivity contribution is 0.555. The minimum absolute atomic E-state index is 0.401. The molecule has 2 rings (SSSR count). The van der Waals surface area contributed by atoms with Gasteiger partial charge in [0.15, 0.2) is 5.58 Å². The zero-order chi connectivity index (χ0) is 12.8. The van der Waals surface area contributed by atoms with Crippen LogP contribution in [0.25, 0.3) is 11.1 Å². The fraction of sp³-hybridized carbons (Fsp3) is 0.500. The highest BCUT2D eigenvalue weighted by molar-refractivity contribution is 5.76. The maximum atomic E-state index is 11.0. The standard InChI is InChI=1S/C14H20N2O2/c1-2-3-4-5-6-9-15-11-7-8-12-13(10-11)18-14(17)16-12/h7-8,10,15H,2-6,9H2,1H3,(H,16,17). The molecule has 1 aromatic carbocycles. The molecule has 18 heavy (non-hydrogen) atoms. The van der Waals surface area contributed by atoms with E-state index >= 15 is 0 Å². The highest BCUT2D eigenvalue weighted by Crippen LogP contribution is 2.16. The third-order valence-corrected chi connectivity index (χ3v) is 3.03. The first-order valence-corrected chi connectivity index (χ1v) is 6.66. The number of nitrogens with one attached hydrogen (secondary N) is 2. The summed E-state index contributed by atoms with van der Waals surface area (Å²) in [5, 5.41) is 3.35. The molecule has 0 aliphatic carbocycles. The van der Waals surface area contributed by atoms with Gasteiger partial charge in [-0.2, -0.15) is 0 Å². The molecule has 0 bridgehead atoms. The van der Waals surface area contributed by atoms with Crippen LogP contribution < -0.4 is 11.1 Å². The summed E-state index contributed by atoms with van der Waals surface area (Å²) in [5.41, 5.74) is 2.35. The normalized spacial score (nSPS) is 10.9. The molecule has 1 heterocycles. The molecule has 0 aliphatic rings. The van der Waals surface area contributed by atoms with E-state index < -0.39 is 5.76 Å². The summed E-state index contributed by atoms with van der Waals surface area (Å²) in [4.78, 5) is 13.6. The second-order valence-corrected chi connectivity index (χ2v) is 4.57. The highest BCUT2D eigenvalue weighted by Gasteiger charge is 2.01. The van der Waals surface area contributed by atoms with Crippen molar-refractivity contribution in [3.63, 3.8) is 0 Å². The Morgan fingerprint density at radius 2 is 2.06 bits per heavy atom. The van der Waals surface area contributed by atoms with Crippen molar-refractivity contribution in [3.05, 3.63) is 28.7 Å². The molecule has 2 aromatic rings. The second kappa shape index (κ2) is 6.28. The first-order chi connectivity index (χ1) is 8.79. The average Bonchev–Trinajstić information content (AvgIpc) is 2.73. The van der Waals surface area contributed by atoms with E-state index in [4.69, 9.17) is 4.42 Å². The van der Waals surface area contributed by atoms with Gasteiger partial charge in [-0.25, -0.2) is 4.79 Å². The van der Waals surface area contributed by atoms with Crippen LogP contribution in [0.1, 0.15) is 39.0 Å². The summed E-state index contributed by atoms with van der Waals surface area (Å²) in [6, 6.07) is 5.68. The van der Waals surface area contributed by atoms with Gasteiger partial charge in [-0.1, -0.05) is 32.6 Å². The van der Waals surface area contributed by atoms with Crippen molar-refractivity contribution in [3.8, 4) is 0 Å². The van der Waals surface area contributed by atoms with Gasteiger partial charge in [0, 0.05) is 18.3 Å². The molecule has 98 valence electrons. The molecule has 2 N–H and O–H groups in total. The maximum absolute atomic E-state index is 11.0. The van der Waals surface area contributed by atoms with Gasteiger partial charge in [-0.05, 0) is 18.6 Å². The molecule has 0 atom stereocenters. The SMILES string of the molecule is CCCCCCCNc1ccc2[nH]c(=O)oc2c1. The van der Waals surface area contributed by atoms with E-state index in [1.807, 2.05) is 18.2 Å². The summed E-state index contributed by atoms with van der Waals surface area (Å²) in [7, 11) is 0. The van der Waals surface area contributed by atoms with Crippen LogP contribution in [0.15, 0.2) is 27.4 Å². The number of benzene rings is 1. The quantitative estimate of drug-likeness (QED) is 0.737. The van der Waals surface area contributed by atoms with E-state index in [0.717, 1.165) is 17.7 Å². The highest BCUT2D eigenvalue weighted by atomic mass is 16.4. The number of unbranched alkanes of at least 4 members (excludes halogenated alkanes) is 4. The van der Waals surface area contributed by atoms with Crippen molar-refractivity contribution < 1.29 is 4.42 Å². The van der Waals surface area contributed by atoms with Gasteiger partial charge >= 0.3 is 5.76 Å². The Bertz CT molecular complexity index is 542. The lowest BCUT2D eigenvalue weighted by Crippen LogP contribution is -2.00. The third-order valence-electron chi connectivity index (χ3n) is 3.03. The number of aromatic amines is 1. The van der Waals surface area contributed by atoms with Crippen LogP contribution in [0.2, 0.25) is 0 Å². The summed E-state index contributed by atoms with van der Waals surface area (Å²) < 4.78 is 5.02. The van der Waals surface area contributed by atoms with Crippen LogP contribution >= 0.6 is 0 Å². The number of H-pyrrole nitrogens is 1. The zero-order valence-electron chi connectivity index (χ0n) is 10.8. The first kappa shape index (κ1) is 12.7. The van der Waals surface area contributed by atoms with Gasteiger partial charge in [0.2, 0.25) is 0 Å². The van der Waals surface area contributed by atoms with E-state index in [0.29, 0.717) is 5.58 Å². The van der Waals surface area contributed by atoms with Crippen molar-refractivity contribution in [2.45, 2.75) is 39.0 Å². The van der Waals surface area contributed by atoms with E-state index in [1.165, 1.54) is 32.1 Å². The molecule has 0 saturated carbocycles. The van der Waals surface area contributed by atoms with E-state index in [2.05, 4.69) is 17.2 Å². The van der Waals surface area contributed by atoms with Gasteiger partial charge in [-0.15, -0.1) is 0 Å². The van der Waals surface area contributed by atoms with Gasteiger partial charge in [0.25, 0.3) is 0 Å². The van der Waals surface area contributed by atoms with Gasteiger partial charge in [0.05, 0.1) is 5.52 Å².